The van der Waals surface area contributed by atoms with Crippen LogP contribution < -0.4 is 4.74 Å². The van der Waals surface area contributed by atoms with E-state index in [0.29, 0.717) is 12.2 Å². The van der Waals surface area contributed by atoms with Gasteiger partial charge in [0.2, 0.25) is 0 Å². The van der Waals surface area contributed by atoms with Crippen LogP contribution in [-0.4, -0.2) is 19.3 Å². The molecule has 2 aromatic carbocycles. The minimum Gasteiger partial charge on any atom is -0.491 e. The second-order valence-electron chi connectivity index (χ2n) is 5.51. The molecular weight excluding hydrogens is 274 g/mol. The average molecular weight is 293 g/mol. The predicted octanol–water partition coefficient (Wildman–Crippen LogP) is 4.17. The molecule has 0 amide bonds. The van der Waals surface area contributed by atoms with Gasteiger partial charge in [-0.15, -0.1) is 0 Å². The summed E-state index contributed by atoms with van der Waals surface area (Å²) in [6, 6.07) is 17.8. The van der Waals surface area contributed by atoms with E-state index in [9.17, 15) is 0 Å². The molecule has 1 aliphatic heterocycles. The van der Waals surface area contributed by atoms with Crippen molar-refractivity contribution in [3.63, 3.8) is 0 Å². The number of benzene rings is 2. The second-order valence-corrected chi connectivity index (χ2v) is 5.51. The van der Waals surface area contributed by atoms with Crippen LogP contribution in [-0.2, 0) is 4.74 Å². The topological polar surface area (TPSA) is 42.2 Å². The molecule has 0 unspecified atom stereocenters. The normalized spacial score (nSPS) is 17.7. The zero-order valence-corrected chi connectivity index (χ0v) is 12.5. The highest BCUT2D eigenvalue weighted by Crippen LogP contribution is 2.23. The standard InChI is InChI=1S/C19H19NO2/c20-13-15-4-6-16(7-5-15)17-8-10-18(11-9-17)22-14-19-3-1-2-12-21-19/h4-11,19H,1-3,12,14H2/t19-/m0/s1. The number of rotatable bonds is 4. The zero-order chi connectivity index (χ0) is 15.2. The Morgan fingerprint density at radius 2 is 1.68 bits per heavy atom. The Labute approximate surface area is 131 Å². The van der Waals surface area contributed by atoms with E-state index >= 15 is 0 Å². The van der Waals surface area contributed by atoms with Crippen LogP contribution in [0.5, 0.6) is 5.75 Å². The number of hydrogen-bond acceptors (Lipinski definition) is 3. The van der Waals surface area contributed by atoms with E-state index in [1.807, 2.05) is 48.5 Å². The van der Waals surface area contributed by atoms with Crippen molar-refractivity contribution < 1.29 is 9.47 Å². The van der Waals surface area contributed by atoms with Gasteiger partial charge in [0.15, 0.2) is 0 Å². The molecule has 3 rings (SSSR count). The molecule has 112 valence electrons. The molecule has 22 heavy (non-hydrogen) atoms. The van der Waals surface area contributed by atoms with Gasteiger partial charge >= 0.3 is 0 Å². The van der Waals surface area contributed by atoms with Crippen molar-refractivity contribution in [2.24, 2.45) is 0 Å². The van der Waals surface area contributed by atoms with Crippen molar-refractivity contribution in [2.45, 2.75) is 25.4 Å². The van der Waals surface area contributed by atoms with Crippen LogP contribution in [0.15, 0.2) is 48.5 Å². The van der Waals surface area contributed by atoms with Gasteiger partial charge in [0, 0.05) is 6.61 Å². The molecule has 3 nitrogen and oxygen atoms in total. The molecule has 1 heterocycles. The number of hydrogen-bond donors (Lipinski definition) is 0. The second kappa shape index (κ2) is 7.11. The van der Waals surface area contributed by atoms with Crippen LogP contribution in [0.2, 0.25) is 0 Å². The third kappa shape index (κ3) is 3.66. The largest absolute Gasteiger partial charge is 0.491 e. The Morgan fingerprint density at radius 3 is 2.27 bits per heavy atom. The monoisotopic (exact) mass is 293 g/mol. The van der Waals surface area contributed by atoms with E-state index in [1.54, 1.807) is 0 Å². The van der Waals surface area contributed by atoms with Crippen LogP contribution in [0.1, 0.15) is 24.8 Å². The number of nitriles is 1. The Bertz CT molecular complexity index is 635. The molecule has 0 aromatic heterocycles. The van der Waals surface area contributed by atoms with Crippen molar-refractivity contribution >= 4 is 0 Å². The molecule has 0 aliphatic carbocycles. The van der Waals surface area contributed by atoms with Gasteiger partial charge < -0.3 is 9.47 Å². The smallest absolute Gasteiger partial charge is 0.119 e. The molecule has 0 N–H and O–H groups in total. The maximum atomic E-state index is 8.83. The maximum Gasteiger partial charge on any atom is 0.119 e. The van der Waals surface area contributed by atoms with Gasteiger partial charge in [-0.25, -0.2) is 0 Å². The van der Waals surface area contributed by atoms with Crippen molar-refractivity contribution in [3.05, 3.63) is 54.1 Å². The number of ether oxygens (including phenoxy) is 2. The Balaban J connectivity index is 1.60. The van der Waals surface area contributed by atoms with Gasteiger partial charge in [-0.1, -0.05) is 24.3 Å². The summed E-state index contributed by atoms with van der Waals surface area (Å²) in [6.45, 7) is 1.47. The molecule has 0 radical (unpaired) electrons. The molecule has 1 aliphatic rings. The summed E-state index contributed by atoms with van der Waals surface area (Å²) in [5.74, 6) is 0.867. The van der Waals surface area contributed by atoms with E-state index in [0.717, 1.165) is 36.3 Å². The fraction of sp³-hybridized carbons (Fsp3) is 0.316. The fourth-order valence-corrected chi connectivity index (χ4v) is 2.61. The summed E-state index contributed by atoms with van der Waals surface area (Å²) in [5, 5.41) is 8.83. The van der Waals surface area contributed by atoms with Gasteiger partial charge in [-0.2, -0.15) is 5.26 Å². The zero-order valence-electron chi connectivity index (χ0n) is 12.5. The van der Waals surface area contributed by atoms with E-state index in [2.05, 4.69) is 6.07 Å². The van der Waals surface area contributed by atoms with Crippen molar-refractivity contribution in [3.8, 4) is 22.9 Å². The third-order valence-corrected chi connectivity index (χ3v) is 3.91. The quantitative estimate of drug-likeness (QED) is 0.849. The first-order chi connectivity index (χ1) is 10.8. The average Bonchev–Trinajstić information content (AvgIpc) is 2.61. The molecule has 1 fully saturated rings. The van der Waals surface area contributed by atoms with Crippen molar-refractivity contribution in [1.29, 1.82) is 5.26 Å². The summed E-state index contributed by atoms with van der Waals surface area (Å²) >= 11 is 0. The van der Waals surface area contributed by atoms with E-state index < -0.39 is 0 Å². The molecular formula is C19H19NO2. The SMILES string of the molecule is N#Cc1ccc(-c2ccc(OC[C@@H]3CCCCO3)cc2)cc1. The van der Waals surface area contributed by atoms with Gasteiger partial charge in [0.05, 0.1) is 17.7 Å². The molecule has 1 saturated heterocycles. The molecule has 0 saturated carbocycles. The fourth-order valence-electron chi connectivity index (χ4n) is 2.61. The summed E-state index contributed by atoms with van der Waals surface area (Å²) in [6.07, 6.45) is 3.71. The lowest BCUT2D eigenvalue weighted by Gasteiger charge is -2.22. The van der Waals surface area contributed by atoms with Crippen LogP contribution in [0.4, 0.5) is 0 Å². The highest BCUT2D eigenvalue weighted by Gasteiger charge is 2.14. The van der Waals surface area contributed by atoms with E-state index in [-0.39, 0.29) is 6.10 Å². The van der Waals surface area contributed by atoms with Gasteiger partial charge in [-0.3, -0.25) is 0 Å². The van der Waals surface area contributed by atoms with Crippen LogP contribution in [0.3, 0.4) is 0 Å². The summed E-state index contributed by atoms with van der Waals surface area (Å²) < 4.78 is 11.5. The molecule has 2 aromatic rings. The number of nitrogens with zero attached hydrogens (tertiary/aromatic N) is 1. The lowest BCUT2D eigenvalue weighted by atomic mass is 10.0. The first kappa shape index (κ1) is 14.6. The highest BCUT2D eigenvalue weighted by atomic mass is 16.5. The maximum absolute atomic E-state index is 8.83. The summed E-state index contributed by atoms with van der Waals surface area (Å²) in [4.78, 5) is 0. The Kier molecular flexibility index (Phi) is 4.72. The lowest BCUT2D eigenvalue weighted by Crippen LogP contribution is -2.25. The highest BCUT2D eigenvalue weighted by molar-refractivity contribution is 5.64. The van der Waals surface area contributed by atoms with E-state index in [1.165, 1.54) is 6.42 Å². The summed E-state index contributed by atoms with van der Waals surface area (Å²) in [5.41, 5.74) is 2.89. The van der Waals surface area contributed by atoms with Crippen molar-refractivity contribution in [1.82, 2.24) is 0 Å². The lowest BCUT2D eigenvalue weighted by molar-refractivity contribution is -0.0110. The molecule has 0 bridgehead atoms. The van der Waals surface area contributed by atoms with Gasteiger partial charge in [-0.05, 0) is 54.7 Å². The van der Waals surface area contributed by atoms with Gasteiger partial charge in [0.1, 0.15) is 12.4 Å². The Hall–Kier alpha value is -2.31. The Morgan fingerprint density at radius 1 is 1.00 bits per heavy atom. The third-order valence-electron chi connectivity index (χ3n) is 3.91. The molecule has 1 atom stereocenters. The van der Waals surface area contributed by atoms with Crippen LogP contribution >= 0.6 is 0 Å². The first-order valence-corrected chi connectivity index (χ1v) is 7.70. The molecule has 0 spiro atoms. The van der Waals surface area contributed by atoms with E-state index in [4.69, 9.17) is 14.7 Å². The van der Waals surface area contributed by atoms with Gasteiger partial charge in [0.25, 0.3) is 0 Å². The summed E-state index contributed by atoms with van der Waals surface area (Å²) in [7, 11) is 0. The molecule has 3 heteroatoms. The predicted molar refractivity (Wildman–Crippen MR) is 85.7 cm³/mol. The van der Waals surface area contributed by atoms with Crippen LogP contribution in [0.25, 0.3) is 11.1 Å². The minimum atomic E-state index is 0.229. The minimum absolute atomic E-state index is 0.229. The van der Waals surface area contributed by atoms with Crippen LogP contribution in [0, 0.1) is 11.3 Å². The first-order valence-electron chi connectivity index (χ1n) is 7.70. The van der Waals surface area contributed by atoms with Crippen molar-refractivity contribution in [2.75, 3.05) is 13.2 Å².